The molecule has 82 valence electrons. The molecular formula is C12H11NO3. The van der Waals surface area contributed by atoms with E-state index in [0.717, 1.165) is 10.9 Å². The third kappa shape index (κ3) is 1.43. The summed E-state index contributed by atoms with van der Waals surface area (Å²) in [7, 11) is 0. The lowest BCUT2D eigenvalue weighted by atomic mass is 10.1. The van der Waals surface area contributed by atoms with Gasteiger partial charge in [-0.15, -0.1) is 0 Å². The van der Waals surface area contributed by atoms with Crippen molar-refractivity contribution in [2.75, 3.05) is 13.2 Å². The zero-order chi connectivity index (χ0) is 11.0. The molecule has 4 nitrogen and oxygen atoms in total. The fourth-order valence-electron chi connectivity index (χ4n) is 1.92. The van der Waals surface area contributed by atoms with Gasteiger partial charge in [-0.05, 0) is 18.2 Å². The van der Waals surface area contributed by atoms with E-state index in [2.05, 4.69) is 4.98 Å². The molecule has 0 bridgehead atoms. The van der Waals surface area contributed by atoms with Crippen LogP contribution in [0, 0.1) is 0 Å². The van der Waals surface area contributed by atoms with Crippen molar-refractivity contribution in [2.45, 2.75) is 6.29 Å². The molecule has 1 saturated heterocycles. The summed E-state index contributed by atoms with van der Waals surface area (Å²) in [6, 6.07) is 7.17. The number of ether oxygens (including phenoxy) is 2. The zero-order valence-electron chi connectivity index (χ0n) is 8.59. The number of rotatable bonds is 1. The van der Waals surface area contributed by atoms with Crippen LogP contribution < -0.4 is 0 Å². The summed E-state index contributed by atoms with van der Waals surface area (Å²) in [5.74, 6) is 0.178. The molecule has 3 rings (SSSR count). The molecule has 4 heteroatoms. The molecule has 2 aromatic rings. The Balaban J connectivity index is 2.21. The van der Waals surface area contributed by atoms with Crippen LogP contribution in [0.3, 0.4) is 0 Å². The molecule has 0 saturated carbocycles. The van der Waals surface area contributed by atoms with Crippen LogP contribution in [0.25, 0.3) is 10.9 Å². The minimum atomic E-state index is -0.340. The van der Waals surface area contributed by atoms with Crippen LogP contribution in [-0.4, -0.2) is 23.3 Å². The summed E-state index contributed by atoms with van der Waals surface area (Å²) in [4.78, 5) is 4.15. The minimum Gasteiger partial charge on any atom is -0.506 e. The zero-order valence-corrected chi connectivity index (χ0v) is 8.59. The summed E-state index contributed by atoms with van der Waals surface area (Å²) < 4.78 is 10.9. The number of pyridine rings is 1. The van der Waals surface area contributed by atoms with Crippen molar-refractivity contribution in [3.63, 3.8) is 0 Å². The number of phenolic OH excluding ortho intramolecular Hbond substituents is 1. The number of phenols is 1. The fraction of sp³-hybridized carbons (Fsp3) is 0.250. The molecule has 1 fully saturated rings. The van der Waals surface area contributed by atoms with Crippen LogP contribution in [-0.2, 0) is 9.47 Å². The Morgan fingerprint density at radius 3 is 2.81 bits per heavy atom. The Labute approximate surface area is 92.4 Å². The monoisotopic (exact) mass is 217 g/mol. The molecule has 1 aromatic carbocycles. The molecule has 2 heterocycles. The summed E-state index contributed by atoms with van der Waals surface area (Å²) >= 11 is 0. The number of aromatic nitrogens is 1. The van der Waals surface area contributed by atoms with E-state index in [1.807, 2.05) is 18.2 Å². The molecule has 0 unspecified atom stereocenters. The van der Waals surface area contributed by atoms with Crippen LogP contribution in [0.5, 0.6) is 5.75 Å². The van der Waals surface area contributed by atoms with Crippen LogP contribution in [0.15, 0.2) is 30.5 Å². The number of hydrogen-bond donors (Lipinski definition) is 1. The van der Waals surface area contributed by atoms with Gasteiger partial charge in [0.1, 0.15) is 11.3 Å². The SMILES string of the molecule is Oc1ccc(C2OCCO2)c2cccnc12. The molecule has 0 amide bonds. The first kappa shape index (κ1) is 9.57. The molecule has 0 radical (unpaired) electrons. The van der Waals surface area contributed by atoms with Crippen LogP contribution in [0.1, 0.15) is 11.9 Å². The van der Waals surface area contributed by atoms with E-state index >= 15 is 0 Å². The Morgan fingerprint density at radius 1 is 1.19 bits per heavy atom. The molecular weight excluding hydrogens is 206 g/mol. The lowest BCUT2D eigenvalue weighted by Gasteiger charge is -2.12. The summed E-state index contributed by atoms with van der Waals surface area (Å²) in [5, 5.41) is 10.6. The van der Waals surface area contributed by atoms with Crippen molar-refractivity contribution in [1.29, 1.82) is 0 Å². The maximum atomic E-state index is 9.69. The largest absolute Gasteiger partial charge is 0.506 e. The van der Waals surface area contributed by atoms with Gasteiger partial charge in [0.25, 0.3) is 0 Å². The summed E-state index contributed by atoms with van der Waals surface area (Å²) in [6.45, 7) is 1.21. The molecule has 1 aliphatic rings. The molecule has 1 aliphatic heterocycles. The highest BCUT2D eigenvalue weighted by molar-refractivity contribution is 5.87. The lowest BCUT2D eigenvalue weighted by Crippen LogP contribution is -1.99. The highest BCUT2D eigenvalue weighted by Gasteiger charge is 2.21. The van der Waals surface area contributed by atoms with E-state index in [1.165, 1.54) is 0 Å². The highest BCUT2D eigenvalue weighted by atomic mass is 16.7. The van der Waals surface area contributed by atoms with E-state index < -0.39 is 0 Å². The number of aromatic hydroxyl groups is 1. The molecule has 1 N–H and O–H groups in total. The van der Waals surface area contributed by atoms with Gasteiger partial charge >= 0.3 is 0 Å². The van der Waals surface area contributed by atoms with Crippen LogP contribution in [0.2, 0.25) is 0 Å². The third-order valence-corrected chi connectivity index (χ3v) is 2.66. The van der Waals surface area contributed by atoms with Crippen LogP contribution >= 0.6 is 0 Å². The number of nitrogens with zero attached hydrogens (tertiary/aromatic N) is 1. The maximum absolute atomic E-state index is 9.69. The van der Waals surface area contributed by atoms with E-state index in [1.54, 1.807) is 12.3 Å². The second-order valence-electron chi connectivity index (χ2n) is 3.65. The second kappa shape index (κ2) is 3.73. The van der Waals surface area contributed by atoms with E-state index in [-0.39, 0.29) is 12.0 Å². The van der Waals surface area contributed by atoms with Crippen molar-refractivity contribution >= 4 is 10.9 Å². The maximum Gasteiger partial charge on any atom is 0.184 e. The summed E-state index contributed by atoms with van der Waals surface area (Å²) in [5.41, 5.74) is 1.50. The van der Waals surface area contributed by atoms with Gasteiger partial charge in [0.15, 0.2) is 6.29 Å². The van der Waals surface area contributed by atoms with Gasteiger partial charge in [-0.1, -0.05) is 6.07 Å². The van der Waals surface area contributed by atoms with Gasteiger partial charge in [-0.3, -0.25) is 4.98 Å². The molecule has 16 heavy (non-hydrogen) atoms. The average molecular weight is 217 g/mol. The molecule has 0 atom stereocenters. The molecule has 0 aliphatic carbocycles. The normalized spacial score (nSPS) is 17.0. The van der Waals surface area contributed by atoms with Gasteiger partial charge in [0.05, 0.1) is 13.2 Å². The number of fused-ring (bicyclic) bond motifs is 1. The quantitative estimate of drug-likeness (QED) is 0.793. The van der Waals surface area contributed by atoms with Crippen molar-refractivity contribution in [3.8, 4) is 5.75 Å². The highest BCUT2D eigenvalue weighted by Crippen LogP contribution is 2.32. The Bertz CT molecular complexity index is 521. The topological polar surface area (TPSA) is 51.6 Å². The molecule has 1 aromatic heterocycles. The Hall–Kier alpha value is -1.65. The number of benzene rings is 1. The van der Waals surface area contributed by atoms with E-state index in [9.17, 15) is 5.11 Å². The minimum absolute atomic E-state index is 0.178. The van der Waals surface area contributed by atoms with Crippen molar-refractivity contribution in [1.82, 2.24) is 4.98 Å². The van der Waals surface area contributed by atoms with Crippen molar-refractivity contribution in [2.24, 2.45) is 0 Å². The number of hydrogen-bond acceptors (Lipinski definition) is 4. The van der Waals surface area contributed by atoms with Gasteiger partial charge < -0.3 is 14.6 Å². The first-order chi connectivity index (χ1) is 7.86. The van der Waals surface area contributed by atoms with E-state index in [4.69, 9.17) is 9.47 Å². The Morgan fingerprint density at radius 2 is 2.00 bits per heavy atom. The Kier molecular flexibility index (Phi) is 2.23. The lowest BCUT2D eigenvalue weighted by molar-refractivity contribution is -0.0430. The van der Waals surface area contributed by atoms with Gasteiger partial charge in [-0.2, -0.15) is 0 Å². The van der Waals surface area contributed by atoms with E-state index in [0.29, 0.717) is 18.7 Å². The standard InChI is InChI=1S/C12H11NO3/c14-10-4-3-9(12-15-6-7-16-12)8-2-1-5-13-11(8)10/h1-5,12,14H,6-7H2. The fourth-order valence-corrected chi connectivity index (χ4v) is 1.92. The van der Waals surface area contributed by atoms with Gasteiger partial charge in [-0.25, -0.2) is 0 Å². The molecule has 0 spiro atoms. The first-order valence-corrected chi connectivity index (χ1v) is 5.16. The first-order valence-electron chi connectivity index (χ1n) is 5.16. The third-order valence-electron chi connectivity index (χ3n) is 2.66. The summed E-state index contributed by atoms with van der Waals surface area (Å²) in [6.07, 6.45) is 1.31. The van der Waals surface area contributed by atoms with Crippen LogP contribution in [0.4, 0.5) is 0 Å². The van der Waals surface area contributed by atoms with Crippen molar-refractivity contribution in [3.05, 3.63) is 36.0 Å². The van der Waals surface area contributed by atoms with Crippen molar-refractivity contribution < 1.29 is 14.6 Å². The second-order valence-corrected chi connectivity index (χ2v) is 3.65. The van der Waals surface area contributed by atoms with Gasteiger partial charge in [0.2, 0.25) is 0 Å². The predicted octanol–water partition coefficient (Wildman–Crippen LogP) is 1.99. The smallest absolute Gasteiger partial charge is 0.184 e. The predicted molar refractivity (Wildman–Crippen MR) is 58.1 cm³/mol. The average Bonchev–Trinajstić information content (AvgIpc) is 2.83. The van der Waals surface area contributed by atoms with Gasteiger partial charge in [0, 0.05) is 17.1 Å².